The molecule has 2 amide bonds. The molecule has 0 aliphatic carbocycles. The van der Waals surface area contributed by atoms with Gasteiger partial charge in [0.1, 0.15) is 11.7 Å². The lowest BCUT2D eigenvalue weighted by Crippen LogP contribution is -2.27. The minimum Gasteiger partial charge on any atom is -0.364 e. The molecular formula is C14H16BrF3N6O2. The smallest absolute Gasteiger partial charge is 0.364 e. The lowest BCUT2D eigenvalue weighted by Gasteiger charge is -2.14. The number of primary amides is 1. The number of aromatic nitrogens is 4. The fourth-order valence-corrected chi connectivity index (χ4v) is 2.87. The van der Waals surface area contributed by atoms with E-state index < -0.39 is 29.7 Å². The average molecular weight is 437 g/mol. The highest BCUT2D eigenvalue weighted by Crippen LogP contribution is 2.36. The minimum absolute atomic E-state index is 0.00222. The Bertz CT molecular complexity index is 858. The molecule has 1 unspecified atom stereocenters. The van der Waals surface area contributed by atoms with Crippen LogP contribution in [0.15, 0.2) is 10.7 Å². The van der Waals surface area contributed by atoms with Gasteiger partial charge in [0.25, 0.3) is 5.91 Å². The molecule has 0 aromatic carbocycles. The zero-order valence-electron chi connectivity index (χ0n) is 14.1. The Labute approximate surface area is 154 Å². The van der Waals surface area contributed by atoms with Crippen LogP contribution in [0, 0.1) is 6.92 Å². The Kier molecular flexibility index (Phi) is 5.44. The molecule has 0 saturated carbocycles. The molecule has 8 nitrogen and oxygen atoms in total. The van der Waals surface area contributed by atoms with Crippen molar-refractivity contribution >= 4 is 33.4 Å². The standard InChI is InChI=1S/C14H16BrF3N6O2/c1-4-23-10(12(19)25)8(5-20-23)21-13(26)7(3)24-6(2)9(15)11(22-24)14(16,17)18/h5,7H,4H2,1-3H3,(H2,19,25)(H,21,26). The Morgan fingerprint density at radius 3 is 2.50 bits per heavy atom. The van der Waals surface area contributed by atoms with E-state index in [1.54, 1.807) is 6.92 Å². The molecule has 0 aliphatic rings. The van der Waals surface area contributed by atoms with Gasteiger partial charge >= 0.3 is 6.18 Å². The molecule has 3 N–H and O–H groups in total. The average Bonchev–Trinajstić information content (AvgIpc) is 3.08. The van der Waals surface area contributed by atoms with Crippen LogP contribution < -0.4 is 11.1 Å². The summed E-state index contributed by atoms with van der Waals surface area (Å²) in [4.78, 5) is 24.0. The van der Waals surface area contributed by atoms with Crippen molar-refractivity contribution in [3.05, 3.63) is 27.8 Å². The molecule has 142 valence electrons. The monoisotopic (exact) mass is 436 g/mol. The highest BCUT2D eigenvalue weighted by atomic mass is 79.9. The van der Waals surface area contributed by atoms with Crippen molar-refractivity contribution in [1.82, 2.24) is 19.6 Å². The quantitative estimate of drug-likeness (QED) is 0.750. The molecule has 0 bridgehead atoms. The molecule has 2 rings (SSSR count). The van der Waals surface area contributed by atoms with Crippen LogP contribution in [0.4, 0.5) is 18.9 Å². The van der Waals surface area contributed by atoms with E-state index >= 15 is 0 Å². The van der Waals surface area contributed by atoms with Crippen molar-refractivity contribution in [3.63, 3.8) is 0 Å². The fourth-order valence-electron chi connectivity index (χ4n) is 2.38. The third kappa shape index (κ3) is 3.59. The Hall–Kier alpha value is -2.37. The molecule has 26 heavy (non-hydrogen) atoms. The number of amides is 2. The first kappa shape index (κ1) is 19.9. The maximum atomic E-state index is 13.0. The summed E-state index contributed by atoms with van der Waals surface area (Å²) in [5.74, 6) is -1.46. The van der Waals surface area contributed by atoms with Crippen molar-refractivity contribution in [2.45, 2.75) is 39.5 Å². The number of alkyl halides is 3. The van der Waals surface area contributed by atoms with Crippen LogP contribution in [0.1, 0.15) is 41.8 Å². The van der Waals surface area contributed by atoms with Crippen molar-refractivity contribution < 1.29 is 22.8 Å². The zero-order chi connectivity index (χ0) is 19.8. The van der Waals surface area contributed by atoms with Gasteiger partial charge < -0.3 is 11.1 Å². The molecule has 0 spiro atoms. The van der Waals surface area contributed by atoms with Gasteiger partial charge in [-0.2, -0.15) is 23.4 Å². The summed E-state index contributed by atoms with van der Waals surface area (Å²) in [7, 11) is 0. The summed E-state index contributed by atoms with van der Waals surface area (Å²) in [6.07, 6.45) is -3.41. The summed E-state index contributed by atoms with van der Waals surface area (Å²) >= 11 is 2.85. The third-order valence-electron chi connectivity index (χ3n) is 3.72. The molecule has 0 aliphatic heterocycles. The van der Waals surface area contributed by atoms with E-state index in [4.69, 9.17) is 5.73 Å². The SMILES string of the molecule is CCn1ncc(NC(=O)C(C)n2nc(C(F)(F)F)c(Br)c2C)c1C(N)=O. The molecule has 1 atom stereocenters. The van der Waals surface area contributed by atoms with Crippen LogP contribution in [-0.2, 0) is 17.5 Å². The minimum atomic E-state index is -4.66. The van der Waals surface area contributed by atoms with E-state index in [9.17, 15) is 22.8 Å². The van der Waals surface area contributed by atoms with Gasteiger partial charge in [0.2, 0.25) is 5.91 Å². The molecule has 2 aromatic heterocycles. The number of rotatable bonds is 5. The second kappa shape index (κ2) is 7.09. The Balaban J connectivity index is 2.32. The van der Waals surface area contributed by atoms with Gasteiger partial charge in [-0.3, -0.25) is 19.0 Å². The summed E-state index contributed by atoms with van der Waals surface area (Å²) in [5, 5.41) is 9.88. The molecule has 0 fully saturated rings. The first-order valence-electron chi connectivity index (χ1n) is 7.47. The maximum Gasteiger partial charge on any atom is 0.436 e. The number of anilines is 1. The van der Waals surface area contributed by atoms with E-state index in [0.29, 0.717) is 6.54 Å². The summed E-state index contributed by atoms with van der Waals surface area (Å²) < 4.78 is 40.9. The highest BCUT2D eigenvalue weighted by Gasteiger charge is 2.39. The lowest BCUT2D eigenvalue weighted by atomic mass is 10.2. The van der Waals surface area contributed by atoms with Crippen LogP contribution in [0.3, 0.4) is 0 Å². The van der Waals surface area contributed by atoms with Gasteiger partial charge in [0.15, 0.2) is 5.69 Å². The van der Waals surface area contributed by atoms with Gasteiger partial charge in [-0.15, -0.1) is 0 Å². The number of carbonyl (C=O) groups excluding carboxylic acids is 2. The van der Waals surface area contributed by atoms with E-state index in [2.05, 4.69) is 31.4 Å². The summed E-state index contributed by atoms with van der Waals surface area (Å²) in [6.45, 7) is 4.87. The molecule has 0 saturated heterocycles. The molecule has 0 radical (unpaired) electrons. The van der Waals surface area contributed by atoms with E-state index in [1.165, 1.54) is 24.7 Å². The summed E-state index contributed by atoms with van der Waals surface area (Å²) in [6, 6.07) is -1.08. The fraction of sp³-hybridized carbons (Fsp3) is 0.429. The lowest BCUT2D eigenvalue weighted by molar-refractivity contribution is -0.142. The third-order valence-corrected chi connectivity index (χ3v) is 4.67. The van der Waals surface area contributed by atoms with Gasteiger partial charge in [-0.05, 0) is 36.7 Å². The molecule has 2 aromatic rings. The first-order valence-corrected chi connectivity index (χ1v) is 8.26. The van der Waals surface area contributed by atoms with Crippen LogP contribution in [0.2, 0.25) is 0 Å². The Morgan fingerprint density at radius 2 is 2.04 bits per heavy atom. The maximum absolute atomic E-state index is 13.0. The topological polar surface area (TPSA) is 108 Å². The predicted molar refractivity (Wildman–Crippen MR) is 89.4 cm³/mol. The number of carbonyl (C=O) groups is 2. The van der Waals surface area contributed by atoms with Crippen molar-refractivity contribution in [2.24, 2.45) is 5.73 Å². The highest BCUT2D eigenvalue weighted by molar-refractivity contribution is 9.10. The number of nitrogens with one attached hydrogen (secondary N) is 1. The van der Waals surface area contributed by atoms with Crippen LogP contribution in [-0.4, -0.2) is 31.4 Å². The molecule has 2 heterocycles. The number of aryl methyl sites for hydroxylation is 1. The van der Waals surface area contributed by atoms with Gasteiger partial charge in [0, 0.05) is 6.54 Å². The van der Waals surface area contributed by atoms with Gasteiger partial charge in [0.05, 0.1) is 22.1 Å². The zero-order valence-corrected chi connectivity index (χ0v) is 15.6. The van der Waals surface area contributed by atoms with Crippen LogP contribution in [0.25, 0.3) is 0 Å². The Morgan fingerprint density at radius 1 is 1.42 bits per heavy atom. The largest absolute Gasteiger partial charge is 0.436 e. The van der Waals surface area contributed by atoms with Crippen LogP contribution in [0.5, 0.6) is 0 Å². The number of hydrogen-bond acceptors (Lipinski definition) is 4. The number of halogens is 4. The first-order chi connectivity index (χ1) is 12.0. The normalized spacial score (nSPS) is 12.9. The molecular weight excluding hydrogens is 421 g/mol. The second-order valence-corrected chi connectivity index (χ2v) is 6.24. The van der Waals surface area contributed by atoms with Crippen LogP contribution >= 0.6 is 15.9 Å². The van der Waals surface area contributed by atoms with E-state index in [-0.39, 0.29) is 21.5 Å². The van der Waals surface area contributed by atoms with Crippen molar-refractivity contribution in [3.8, 4) is 0 Å². The van der Waals surface area contributed by atoms with Gasteiger partial charge in [-0.25, -0.2) is 0 Å². The summed E-state index contributed by atoms with van der Waals surface area (Å²) in [5.41, 5.74) is 4.39. The second-order valence-electron chi connectivity index (χ2n) is 5.44. The number of nitrogens with zero attached hydrogens (tertiary/aromatic N) is 4. The molecule has 12 heteroatoms. The van der Waals surface area contributed by atoms with Gasteiger partial charge in [-0.1, -0.05) is 0 Å². The van der Waals surface area contributed by atoms with E-state index in [0.717, 1.165) is 4.68 Å². The predicted octanol–water partition coefficient (Wildman–Crippen LogP) is 2.49. The van der Waals surface area contributed by atoms with Crippen molar-refractivity contribution in [2.75, 3.05) is 5.32 Å². The van der Waals surface area contributed by atoms with E-state index in [1.807, 2.05) is 0 Å². The number of hydrogen-bond donors (Lipinski definition) is 2. The van der Waals surface area contributed by atoms with Crippen molar-refractivity contribution in [1.29, 1.82) is 0 Å². The number of nitrogens with two attached hydrogens (primary N) is 1.